The van der Waals surface area contributed by atoms with Gasteiger partial charge in [0.05, 0.1) is 16.3 Å². The third-order valence-corrected chi connectivity index (χ3v) is 4.18. The lowest BCUT2D eigenvalue weighted by Crippen LogP contribution is -2.09. The third-order valence-electron chi connectivity index (χ3n) is 4.18. The summed E-state index contributed by atoms with van der Waals surface area (Å²) >= 11 is 0. The highest BCUT2D eigenvalue weighted by Crippen LogP contribution is 2.18. The zero-order chi connectivity index (χ0) is 20.6. The fraction of sp³-hybridized carbons (Fsp3) is 0.0455. The molecule has 3 rings (SSSR count). The number of hydrogen-bond acceptors (Lipinski definition) is 5. The average molecular weight is 388 g/mol. The summed E-state index contributed by atoms with van der Waals surface area (Å²) in [5, 5.41) is 16.7. The molecule has 0 fully saturated rings. The Morgan fingerprint density at radius 3 is 2.52 bits per heavy atom. The smallest absolute Gasteiger partial charge is 0.271 e. The normalized spacial score (nSPS) is 10.6. The Bertz CT molecular complexity index is 1050. The summed E-state index contributed by atoms with van der Waals surface area (Å²) in [4.78, 5) is 22.4. The first-order valence-electron chi connectivity index (χ1n) is 8.92. The Morgan fingerprint density at radius 1 is 1.03 bits per heavy atom. The molecule has 0 aliphatic carbocycles. The van der Waals surface area contributed by atoms with E-state index in [-0.39, 0.29) is 11.6 Å². The predicted molar refractivity (Wildman–Crippen MR) is 115 cm³/mol. The molecular weight excluding hydrogens is 368 g/mol. The van der Waals surface area contributed by atoms with Crippen molar-refractivity contribution in [3.05, 3.63) is 100 Å². The van der Waals surface area contributed by atoms with Crippen LogP contribution in [0.4, 0.5) is 22.7 Å². The van der Waals surface area contributed by atoms with E-state index in [0.29, 0.717) is 23.6 Å². The second-order valence-electron chi connectivity index (χ2n) is 6.31. The minimum Gasteiger partial charge on any atom is -0.397 e. The van der Waals surface area contributed by atoms with Gasteiger partial charge in [0.15, 0.2) is 0 Å². The van der Waals surface area contributed by atoms with Crippen molar-refractivity contribution in [1.82, 2.24) is 0 Å². The van der Waals surface area contributed by atoms with Gasteiger partial charge in [0.2, 0.25) is 5.91 Å². The molecule has 3 aromatic rings. The Morgan fingerprint density at radius 2 is 1.79 bits per heavy atom. The summed E-state index contributed by atoms with van der Waals surface area (Å²) in [6.07, 6.45) is 3.16. The molecule has 0 heterocycles. The molecule has 0 aliphatic rings. The molecule has 0 aliphatic heterocycles. The van der Waals surface area contributed by atoms with E-state index in [9.17, 15) is 14.9 Å². The van der Waals surface area contributed by atoms with Crippen LogP contribution in [-0.4, -0.2) is 10.8 Å². The van der Waals surface area contributed by atoms with Crippen molar-refractivity contribution < 1.29 is 9.72 Å². The molecule has 0 saturated heterocycles. The minimum atomic E-state index is -0.422. The van der Waals surface area contributed by atoms with Gasteiger partial charge in [0.25, 0.3) is 5.69 Å². The average Bonchev–Trinajstić information content (AvgIpc) is 2.73. The fourth-order valence-corrected chi connectivity index (χ4v) is 2.64. The van der Waals surface area contributed by atoms with Gasteiger partial charge in [0.1, 0.15) is 0 Å². The van der Waals surface area contributed by atoms with Crippen LogP contribution in [0.2, 0.25) is 0 Å². The Kier molecular flexibility index (Phi) is 6.22. The van der Waals surface area contributed by atoms with Gasteiger partial charge >= 0.3 is 0 Å². The van der Waals surface area contributed by atoms with Crippen LogP contribution < -0.4 is 16.4 Å². The van der Waals surface area contributed by atoms with E-state index in [4.69, 9.17) is 5.73 Å². The SMILES string of the molecule is Nc1ccccc1NC(=O)/C=C/c1ccc(CNc2cccc([N+](=O)[O-])c2)cc1. The summed E-state index contributed by atoms with van der Waals surface area (Å²) < 4.78 is 0. The van der Waals surface area contributed by atoms with Crippen molar-refractivity contribution in [2.75, 3.05) is 16.4 Å². The van der Waals surface area contributed by atoms with E-state index in [1.165, 1.54) is 18.2 Å². The number of anilines is 3. The minimum absolute atomic E-state index is 0.0472. The first-order valence-corrected chi connectivity index (χ1v) is 8.92. The molecule has 7 heteroatoms. The van der Waals surface area contributed by atoms with Crippen LogP contribution in [0.25, 0.3) is 6.08 Å². The van der Waals surface area contributed by atoms with Crippen molar-refractivity contribution in [3.8, 4) is 0 Å². The second-order valence-corrected chi connectivity index (χ2v) is 6.31. The predicted octanol–water partition coefficient (Wildman–Crippen LogP) is 4.44. The quantitative estimate of drug-likeness (QED) is 0.240. The number of nitro benzene ring substituents is 1. The van der Waals surface area contributed by atoms with Crippen molar-refractivity contribution in [2.45, 2.75) is 6.54 Å². The van der Waals surface area contributed by atoms with Gasteiger partial charge in [-0.25, -0.2) is 0 Å². The highest BCUT2D eigenvalue weighted by atomic mass is 16.6. The van der Waals surface area contributed by atoms with E-state index in [1.54, 1.807) is 42.5 Å². The molecular formula is C22H20N4O3. The maximum absolute atomic E-state index is 12.0. The number of nitro groups is 1. The van der Waals surface area contributed by atoms with Gasteiger partial charge in [-0.1, -0.05) is 42.5 Å². The summed E-state index contributed by atoms with van der Waals surface area (Å²) in [6, 6.07) is 21.1. The van der Waals surface area contributed by atoms with Crippen LogP contribution in [0.3, 0.4) is 0 Å². The zero-order valence-electron chi connectivity index (χ0n) is 15.5. The fourth-order valence-electron chi connectivity index (χ4n) is 2.64. The zero-order valence-corrected chi connectivity index (χ0v) is 15.5. The number of amides is 1. The molecule has 3 aromatic carbocycles. The number of nitrogen functional groups attached to an aromatic ring is 1. The second kappa shape index (κ2) is 9.18. The molecule has 0 unspecified atom stereocenters. The van der Waals surface area contributed by atoms with Crippen LogP contribution in [0.15, 0.2) is 78.9 Å². The number of rotatable bonds is 7. The summed E-state index contributed by atoms with van der Waals surface area (Å²) in [5.74, 6) is -0.265. The standard InChI is InChI=1S/C22H20N4O3/c23-20-6-1-2-7-21(20)25-22(27)13-12-16-8-10-17(11-9-16)15-24-18-4-3-5-19(14-18)26(28)29/h1-14,24H,15,23H2,(H,25,27)/b13-12+. The topological polar surface area (TPSA) is 110 Å². The Labute approximate surface area is 168 Å². The molecule has 0 spiro atoms. The maximum atomic E-state index is 12.0. The van der Waals surface area contributed by atoms with E-state index in [1.807, 2.05) is 24.3 Å². The summed E-state index contributed by atoms with van der Waals surface area (Å²) in [6.45, 7) is 0.527. The van der Waals surface area contributed by atoms with Gasteiger partial charge in [-0.2, -0.15) is 0 Å². The number of nitrogens with zero attached hydrogens (tertiary/aromatic N) is 1. The molecule has 0 bridgehead atoms. The number of nitrogens with one attached hydrogen (secondary N) is 2. The van der Waals surface area contributed by atoms with Crippen LogP contribution in [0.1, 0.15) is 11.1 Å². The van der Waals surface area contributed by atoms with Crippen LogP contribution >= 0.6 is 0 Å². The lowest BCUT2D eigenvalue weighted by molar-refractivity contribution is -0.384. The van der Waals surface area contributed by atoms with E-state index >= 15 is 0 Å². The first-order chi connectivity index (χ1) is 14.0. The molecule has 7 nitrogen and oxygen atoms in total. The van der Waals surface area contributed by atoms with Crippen molar-refractivity contribution in [3.63, 3.8) is 0 Å². The van der Waals surface area contributed by atoms with E-state index in [2.05, 4.69) is 10.6 Å². The molecule has 0 aromatic heterocycles. The van der Waals surface area contributed by atoms with Gasteiger partial charge in [-0.3, -0.25) is 14.9 Å². The number of non-ortho nitro benzene ring substituents is 1. The van der Waals surface area contributed by atoms with Crippen LogP contribution in [-0.2, 0) is 11.3 Å². The number of carbonyl (C=O) groups is 1. The molecule has 0 radical (unpaired) electrons. The first kappa shape index (κ1) is 19.6. The van der Waals surface area contributed by atoms with Gasteiger partial charge in [-0.05, 0) is 35.4 Å². The van der Waals surface area contributed by atoms with Gasteiger partial charge in [0, 0.05) is 30.4 Å². The third kappa shape index (κ3) is 5.67. The Balaban J connectivity index is 1.55. The lowest BCUT2D eigenvalue weighted by atomic mass is 10.1. The Hall–Kier alpha value is -4.13. The monoisotopic (exact) mass is 388 g/mol. The van der Waals surface area contributed by atoms with Crippen LogP contribution in [0.5, 0.6) is 0 Å². The van der Waals surface area contributed by atoms with Crippen molar-refractivity contribution in [1.29, 1.82) is 0 Å². The van der Waals surface area contributed by atoms with E-state index in [0.717, 1.165) is 11.1 Å². The number of carbonyl (C=O) groups excluding carboxylic acids is 1. The van der Waals surface area contributed by atoms with Crippen LogP contribution in [0, 0.1) is 10.1 Å². The number of para-hydroxylation sites is 2. The largest absolute Gasteiger partial charge is 0.397 e. The summed E-state index contributed by atoms with van der Waals surface area (Å²) in [5.41, 5.74) is 9.50. The highest BCUT2D eigenvalue weighted by molar-refractivity contribution is 6.03. The number of nitrogens with two attached hydrogens (primary N) is 1. The highest BCUT2D eigenvalue weighted by Gasteiger charge is 2.05. The number of hydrogen-bond donors (Lipinski definition) is 3. The van der Waals surface area contributed by atoms with Gasteiger partial charge in [-0.15, -0.1) is 0 Å². The van der Waals surface area contributed by atoms with Gasteiger partial charge < -0.3 is 16.4 Å². The number of benzene rings is 3. The van der Waals surface area contributed by atoms with Crippen molar-refractivity contribution >= 4 is 34.7 Å². The van der Waals surface area contributed by atoms with Crippen molar-refractivity contribution in [2.24, 2.45) is 0 Å². The molecule has 0 atom stereocenters. The lowest BCUT2D eigenvalue weighted by Gasteiger charge is -2.07. The maximum Gasteiger partial charge on any atom is 0.271 e. The molecule has 0 saturated carbocycles. The van der Waals surface area contributed by atoms with E-state index < -0.39 is 4.92 Å². The molecule has 146 valence electrons. The molecule has 29 heavy (non-hydrogen) atoms. The summed E-state index contributed by atoms with van der Waals surface area (Å²) in [7, 11) is 0. The molecule has 1 amide bonds. The molecule has 4 N–H and O–H groups in total.